The predicted molar refractivity (Wildman–Crippen MR) is 111 cm³/mol. The smallest absolute Gasteiger partial charge is 0.224 e. The zero-order valence-corrected chi connectivity index (χ0v) is 17.8. The number of rotatable bonds is 6. The van der Waals surface area contributed by atoms with Crippen molar-refractivity contribution in [3.8, 4) is 5.69 Å². The van der Waals surface area contributed by atoms with Gasteiger partial charge in [-0.25, -0.2) is 4.68 Å². The van der Waals surface area contributed by atoms with E-state index in [-0.39, 0.29) is 18.1 Å². The van der Waals surface area contributed by atoms with Crippen LogP contribution in [0.15, 0.2) is 24.3 Å². The molecular formula is C21H29ClN4O2. The van der Waals surface area contributed by atoms with Crippen LogP contribution in [0.5, 0.6) is 0 Å². The van der Waals surface area contributed by atoms with Crippen molar-refractivity contribution in [2.24, 2.45) is 0 Å². The third-order valence-electron chi connectivity index (χ3n) is 5.10. The third kappa shape index (κ3) is 5.13. The number of hydrogen-bond donors (Lipinski definition) is 1. The summed E-state index contributed by atoms with van der Waals surface area (Å²) in [4.78, 5) is 14.8. The van der Waals surface area contributed by atoms with Gasteiger partial charge in [0.15, 0.2) is 0 Å². The molecule has 1 aromatic heterocycles. The Bertz CT molecular complexity index is 809. The Balaban J connectivity index is 1.56. The molecule has 7 heteroatoms. The van der Waals surface area contributed by atoms with Gasteiger partial charge in [-0.1, -0.05) is 11.6 Å². The predicted octanol–water partition coefficient (Wildman–Crippen LogP) is 2.91. The lowest BCUT2D eigenvalue weighted by Crippen LogP contribution is -2.48. The number of nitrogens with zero attached hydrogens (tertiary/aromatic N) is 3. The van der Waals surface area contributed by atoms with Crippen molar-refractivity contribution < 1.29 is 9.53 Å². The number of aryl methyl sites for hydroxylation is 1. The van der Waals surface area contributed by atoms with Gasteiger partial charge in [0.1, 0.15) is 0 Å². The highest BCUT2D eigenvalue weighted by molar-refractivity contribution is 6.30. The van der Waals surface area contributed by atoms with E-state index >= 15 is 0 Å². The number of carbonyl (C=O) groups excluding carboxylic acids is 1. The van der Waals surface area contributed by atoms with Crippen LogP contribution in [0, 0.1) is 13.8 Å². The molecule has 2 heterocycles. The van der Waals surface area contributed by atoms with Gasteiger partial charge in [-0.05, 0) is 52.0 Å². The lowest BCUT2D eigenvalue weighted by atomic mass is 10.1. The monoisotopic (exact) mass is 404 g/mol. The fourth-order valence-corrected chi connectivity index (χ4v) is 3.93. The number of halogens is 1. The topological polar surface area (TPSA) is 59.4 Å². The number of hydrogen-bond acceptors (Lipinski definition) is 4. The second-order valence-corrected chi connectivity index (χ2v) is 8.02. The summed E-state index contributed by atoms with van der Waals surface area (Å²) in [7, 11) is 0. The number of morpholine rings is 1. The molecule has 0 radical (unpaired) electrons. The summed E-state index contributed by atoms with van der Waals surface area (Å²) in [6.45, 7) is 11.4. The Hall–Kier alpha value is -1.89. The molecule has 152 valence electrons. The first-order valence-electron chi connectivity index (χ1n) is 9.79. The third-order valence-corrected chi connectivity index (χ3v) is 5.35. The zero-order valence-electron chi connectivity index (χ0n) is 17.0. The Morgan fingerprint density at radius 3 is 2.50 bits per heavy atom. The highest BCUT2D eigenvalue weighted by Crippen LogP contribution is 2.20. The molecule has 6 nitrogen and oxygen atoms in total. The molecule has 1 aromatic carbocycles. The molecule has 2 unspecified atom stereocenters. The van der Waals surface area contributed by atoms with Gasteiger partial charge < -0.3 is 10.1 Å². The fourth-order valence-electron chi connectivity index (χ4n) is 3.81. The summed E-state index contributed by atoms with van der Waals surface area (Å²) in [6.07, 6.45) is 0.813. The summed E-state index contributed by atoms with van der Waals surface area (Å²) in [5.74, 6) is 0.0243. The average Bonchev–Trinajstić information content (AvgIpc) is 2.90. The SMILES string of the molecule is Cc1nn(-c2ccc(Cl)cc2)c(C)c1CC(=O)NCCN1CC(C)OC(C)C1. The van der Waals surface area contributed by atoms with Crippen molar-refractivity contribution in [1.82, 2.24) is 20.0 Å². The van der Waals surface area contributed by atoms with E-state index in [1.165, 1.54) is 0 Å². The zero-order chi connectivity index (χ0) is 20.3. The molecule has 1 aliphatic heterocycles. The molecule has 3 rings (SSSR count). The van der Waals surface area contributed by atoms with Gasteiger partial charge in [0.25, 0.3) is 0 Å². The van der Waals surface area contributed by atoms with E-state index in [0.717, 1.165) is 42.3 Å². The molecule has 2 aromatic rings. The first-order chi connectivity index (χ1) is 13.3. The standard InChI is InChI=1S/C21H29ClN4O2/c1-14-12-25(13-15(2)28-14)10-9-23-21(27)11-20-16(3)24-26(17(20)4)19-7-5-18(22)6-8-19/h5-8,14-15H,9-13H2,1-4H3,(H,23,27). The molecule has 1 N–H and O–H groups in total. The lowest BCUT2D eigenvalue weighted by molar-refractivity contribution is -0.120. The normalized spacial score (nSPS) is 20.3. The Morgan fingerprint density at radius 1 is 1.21 bits per heavy atom. The molecular weight excluding hydrogens is 376 g/mol. The van der Waals surface area contributed by atoms with Crippen LogP contribution in [-0.2, 0) is 16.0 Å². The Morgan fingerprint density at radius 2 is 1.86 bits per heavy atom. The molecule has 0 bridgehead atoms. The molecule has 1 fully saturated rings. The van der Waals surface area contributed by atoms with Crippen LogP contribution in [0.25, 0.3) is 5.69 Å². The van der Waals surface area contributed by atoms with Gasteiger partial charge in [-0.3, -0.25) is 9.69 Å². The van der Waals surface area contributed by atoms with E-state index < -0.39 is 0 Å². The van der Waals surface area contributed by atoms with E-state index in [2.05, 4.69) is 29.2 Å². The summed E-state index contributed by atoms with van der Waals surface area (Å²) in [5, 5.41) is 8.34. The van der Waals surface area contributed by atoms with E-state index in [9.17, 15) is 4.79 Å². The minimum Gasteiger partial charge on any atom is -0.373 e. The molecule has 0 spiro atoms. The minimum absolute atomic E-state index is 0.0243. The van der Waals surface area contributed by atoms with E-state index in [0.29, 0.717) is 18.0 Å². The maximum Gasteiger partial charge on any atom is 0.224 e. The molecule has 0 aliphatic carbocycles. The quantitative estimate of drug-likeness (QED) is 0.804. The van der Waals surface area contributed by atoms with Crippen molar-refractivity contribution in [2.75, 3.05) is 26.2 Å². The number of nitrogens with one attached hydrogen (secondary N) is 1. The number of ether oxygens (including phenoxy) is 1. The molecule has 28 heavy (non-hydrogen) atoms. The van der Waals surface area contributed by atoms with Crippen molar-refractivity contribution in [3.63, 3.8) is 0 Å². The van der Waals surface area contributed by atoms with Crippen molar-refractivity contribution >= 4 is 17.5 Å². The molecule has 0 saturated carbocycles. The number of amides is 1. The van der Waals surface area contributed by atoms with Crippen molar-refractivity contribution in [3.05, 3.63) is 46.2 Å². The Kier molecular flexibility index (Phi) is 6.75. The Labute approximate surface area is 171 Å². The molecule has 1 amide bonds. The van der Waals surface area contributed by atoms with Crippen LogP contribution in [0.3, 0.4) is 0 Å². The van der Waals surface area contributed by atoms with Gasteiger partial charge in [0, 0.05) is 42.5 Å². The van der Waals surface area contributed by atoms with Crippen LogP contribution in [-0.4, -0.2) is 59.0 Å². The molecule has 1 saturated heterocycles. The van der Waals surface area contributed by atoms with Gasteiger partial charge in [-0.15, -0.1) is 0 Å². The van der Waals surface area contributed by atoms with Gasteiger partial charge >= 0.3 is 0 Å². The molecule has 1 aliphatic rings. The lowest BCUT2D eigenvalue weighted by Gasteiger charge is -2.35. The highest BCUT2D eigenvalue weighted by atomic mass is 35.5. The summed E-state index contributed by atoms with van der Waals surface area (Å²) >= 11 is 5.97. The van der Waals surface area contributed by atoms with Crippen LogP contribution in [0.1, 0.15) is 30.8 Å². The van der Waals surface area contributed by atoms with Gasteiger partial charge in [0.2, 0.25) is 5.91 Å². The van der Waals surface area contributed by atoms with Crippen LogP contribution >= 0.6 is 11.6 Å². The summed E-state index contributed by atoms with van der Waals surface area (Å²) in [6, 6.07) is 7.53. The van der Waals surface area contributed by atoms with E-state index in [4.69, 9.17) is 16.3 Å². The highest BCUT2D eigenvalue weighted by Gasteiger charge is 2.22. The second-order valence-electron chi connectivity index (χ2n) is 7.58. The number of aromatic nitrogens is 2. The molecule has 2 atom stereocenters. The summed E-state index contributed by atoms with van der Waals surface area (Å²) < 4.78 is 7.61. The van der Waals surface area contributed by atoms with Crippen LogP contribution in [0.4, 0.5) is 0 Å². The minimum atomic E-state index is 0.0243. The maximum atomic E-state index is 12.5. The van der Waals surface area contributed by atoms with Gasteiger partial charge in [-0.2, -0.15) is 5.10 Å². The second kappa shape index (κ2) is 9.07. The van der Waals surface area contributed by atoms with E-state index in [1.54, 1.807) is 0 Å². The first-order valence-corrected chi connectivity index (χ1v) is 10.2. The number of carbonyl (C=O) groups is 1. The van der Waals surface area contributed by atoms with Crippen molar-refractivity contribution in [2.45, 2.75) is 46.3 Å². The first kappa shape index (κ1) is 20.8. The van der Waals surface area contributed by atoms with Crippen LogP contribution < -0.4 is 5.32 Å². The fraction of sp³-hybridized carbons (Fsp3) is 0.524. The average molecular weight is 405 g/mol. The van der Waals surface area contributed by atoms with Crippen molar-refractivity contribution in [1.29, 1.82) is 0 Å². The van der Waals surface area contributed by atoms with Crippen LogP contribution in [0.2, 0.25) is 5.02 Å². The van der Waals surface area contributed by atoms with Gasteiger partial charge in [0.05, 0.1) is 30.0 Å². The van der Waals surface area contributed by atoms with E-state index in [1.807, 2.05) is 42.8 Å². The number of benzene rings is 1. The maximum absolute atomic E-state index is 12.5. The summed E-state index contributed by atoms with van der Waals surface area (Å²) in [5.41, 5.74) is 3.76. The largest absolute Gasteiger partial charge is 0.373 e.